The Labute approximate surface area is 116 Å². The van der Waals surface area contributed by atoms with Crippen LogP contribution in [-0.2, 0) is 32.4 Å². The van der Waals surface area contributed by atoms with Gasteiger partial charge in [0.25, 0.3) is 0 Å². The number of nitrogens with zero attached hydrogens (tertiary/aromatic N) is 4. The molecule has 9 heteroatoms. The molecule has 0 bridgehead atoms. The number of imidazole rings is 1. The molecule has 2 heterocycles. The first-order valence-electron chi connectivity index (χ1n) is 4.91. The second-order valence-electron chi connectivity index (χ2n) is 3.51. The van der Waals surface area contributed by atoms with Crippen molar-refractivity contribution in [3.8, 4) is 0 Å². The van der Waals surface area contributed by atoms with E-state index in [1.807, 2.05) is 0 Å². The molecule has 1 atom stereocenters. The largest absolute Gasteiger partial charge is 0.479 e. The third-order valence-corrected chi connectivity index (χ3v) is 2.36. The topological polar surface area (TPSA) is 127 Å². The molecule has 2 aromatic heterocycles. The first-order chi connectivity index (χ1) is 8.09. The Bertz CT molecular complexity index is 558. The van der Waals surface area contributed by atoms with Gasteiger partial charge in [-0.1, -0.05) is 0 Å². The standard InChI is InChI=1S/C9H11N5O3.W/c10-7-6-8(12-3-11-7)14(4-13-6)2-1-5(15)9(16)17;/h3-5,15H,1-2H2,(H,16,17)(H2,10,11,12);. The van der Waals surface area contributed by atoms with Crippen molar-refractivity contribution in [3.63, 3.8) is 0 Å². The molecule has 96 valence electrons. The summed E-state index contributed by atoms with van der Waals surface area (Å²) >= 11 is 0. The van der Waals surface area contributed by atoms with Crippen molar-refractivity contribution < 1.29 is 36.1 Å². The van der Waals surface area contributed by atoms with E-state index in [2.05, 4.69) is 15.0 Å². The van der Waals surface area contributed by atoms with Gasteiger partial charge in [-0.3, -0.25) is 0 Å². The fourth-order valence-corrected chi connectivity index (χ4v) is 1.45. The van der Waals surface area contributed by atoms with Gasteiger partial charge in [-0.25, -0.2) is 19.7 Å². The number of carboxylic acid groups (broad SMARTS) is 1. The third-order valence-electron chi connectivity index (χ3n) is 2.36. The Morgan fingerprint density at radius 2 is 2.17 bits per heavy atom. The fraction of sp³-hybridized carbons (Fsp3) is 0.333. The summed E-state index contributed by atoms with van der Waals surface area (Å²) in [5.41, 5.74) is 6.60. The summed E-state index contributed by atoms with van der Waals surface area (Å²) in [4.78, 5) is 22.3. The minimum atomic E-state index is -1.40. The monoisotopic (exact) mass is 421 g/mol. The van der Waals surface area contributed by atoms with Gasteiger partial charge in [0, 0.05) is 34.0 Å². The van der Waals surface area contributed by atoms with Crippen LogP contribution in [0.3, 0.4) is 0 Å². The zero-order chi connectivity index (χ0) is 12.4. The van der Waals surface area contributed by atoms with Gasteiger partial charge in [-0.2, -0.15) is 0 Å². The number of carboxylic acids is 1. The van der Waals surface area contributed by atoms with Gasteiger partial charge in [0.2, 0.25) is 0 Å². The summed E-state index contributed by atoms with van der Waals surface area (Å²) in [6.07, 6.45) is 1.48. The molecule has 0 fully saturated rings. The van der Waals surface area contributed by atoms with E-state index in [0.29, 0.717) is 17.7 Å². The summed E-state index contributed by atoms with van der Waals surface area (Å²) < 4.78 is 1.62. The van der Waals surface area contributed by atoms with Crippen molar-refractivity contribution in [3.05, 3.63) is 12.7 Å². The van der Waals surface area contributed by atoms with Crippen molar-refractivity contribution in [2.75, 3.05) is 5.73 Å². The van der Waals surface area contributed by atoms with Gasteiger partial charge in [0.1, 0.15) is 11.8 Å². The second-order valence-corrected chi connectivity index (χ2v) is 3.51. The number of hydrogen-bond donors (Lipinski definition) is 3. The minimum Gasteiger partial charge on any atom is -0.479 e. The zero-order valence-corrected chi connectivity index (χ0v) is 12.2. The van der Waals surface area contributed by atoms with Gasteiger partial charge in [-0.15, -0.1) is 0 Å². The van der Waals surface area contributed by atoms with E-state index in [1.54, 1.807) is 4.57 Å². The van der Waals surface area contributed by atoms with Crippen molar-refractivity contribution >= 4 is 23.0 Å². The molecule has 0 aliphatic rings. The van der Waals surface area contributed by atoms with Crippen LogP contribution in [-0.4, -0.2) is 41.8 Å². The molecular weight excluding hydrogens is 410 g/mol. The maximum atomic E-state index is 10.5. The number of fused-ring (bicyclic) bond motifs is 1. The van der Waals surface area contributed by atoms with E-state index in [9.17, 15) is 4.79 Å². The van der Waals surface area contributed by atoms with Crippen molar-refractivity contribution in [1.82, 2.24) is 19.5 Å². The molecule has 8 nitrogen and oxygen atoms in total. The Morgan fingerprint density at radius 3 is 2.83 bits per heavy atom. The number of aromatic nitrogens is 4. The van der Waals surface area contributed by atoms with E-state index < -0.39 is 12.1 Å². The maximum absolute atomic E-state index is 10.5. The average Bonchev–Trinajstić information content (AvgIpc) is 2.70. The first-order valence-corrected chi connectivity index (χ1v) is 4.91. The third kappa shape index (κ3) is 2.83. The van der Waals surface area contributed by atoms with Crippen LogP contribution in [0.25, 0.3) is 11.2 Å². The average molecular weight is 421 g/mol. The van der Waals surface area contributed by atoms with Crippen molar-refractivity contribution in [2.45, 2.75) is 19.1 Å². The number of nitrogen functional groups attached to an aromatic ring is 1. The van der Waals surface area contributed by atoms with E-state index in [0.717, 1.165) is 0 Å². The van der Waals surface area contributed by atoms with Crippen LogP contribution in [0.1, 0.15) is 6.42 Å². The number of hydrogen-bond acceptors (Lipinski definition) is 6. The molecule has 2 rings (SSSR count). The van der Waals surface area contributed by atoms with Crippen molar-refractivity contribution in [1.29, 1.82) is 0 Å². The minimum absolute atomic E-state index is 0. The number of aliphatic carboxylic acids is 1. The number of carbonyl (C=O) groups is 1. The summed E-state index contributed by atoms with van der Waals surface area (Å²) in [5.74, 6) is -0.976. The molecule has 0 saturated carbocycles. The smallest absolute Gasteiger partial charge is 0.332 e. The maximum Gasteiger partial charge on any atom is 0.332 e. The van der Waals surface area contributed by atoms with Crippen LogP contribution in [0.2, 0.25) is 0 Å². The van der Waals surface area contributed by atoms with Crippen LogP contribution in [0, 0.1) is 0 Å². The molecule has 0 saturated heterocycles. The van der Waals surface area contributed by atoms with Crippen LogP contribution in [0.15, 0.2) is 12.7 Å². The number of nitrogens with two attached hydrogens (primary N) is 1. The summed E-state index contributed by atoms with van der Waals surface area (Å²) in [6.45, 7) is 0.292. The van der Waals surface area contributed by atoms with Gasteiger partial charge >= 0.3 is 5.97 Å². The van der Waals surface area contributed by atoms with Crippen LogP contribution in [0.5, 0.6) is 0 Å². The molecule has 0 aliphatic carbocycles. The molecule has 0 aliphatic heterocycles. The van der Waals surface area contributed by atoms with Crippen LogP contribution < -0.4 is 5.73 Å². The first kappa shape index (κ1) is 14.5. The number of anilines is 1. The normalized spacial score (nSPS) is 12.1. The van der Waals surface area contributed by atoms with Crippen LogP contribution >= 0.6 is 0 Å². The number of aliphatic hydroxyl groups is 1. The second kappa shape index (κ2) is 5.88. The molecule has 18 heavy (non-hydrogen) atoms. The van der Waals surface area contributed by atoms with Gasteiger partial charge in [0.05, 0.1) is 6.33 Å². The molecular formula is C9H11N5O3W. The summed E-state index contributed by atoms with van der Waals surface area (Å²) in [7, 11) is 0. The molecule has 1 unspecified atom stereocenters. The Balaban J connectivity index is 0.00000162. The molecule has 0 spiro atoms. The molecule has 0 aromatic carbocycles. The number of rotatable bonds is 4. The predicted octanol–water partition coefficient (Wildman–Crippen LogP) is -0.758. The van der Waals surface area contributed by atoms with E-state index in [-0.39, 0.29) is 33.3 Å². The van der Waals surface area contributed by atoms with E-state index >= 15 is 0 Å². The van der Waals surface area contributed by atoms with Gasteiger partial charge < -0.3 is 20.5 Å². The SMILES string of the molecule is Nc1ncnc2c1ncn2CCC(O)C(=O)O.[W]. The van der Waals surface area contributed by atoms with Crippen molar-refractivity contribution in [2.24, 2.45) is 0 Å². The fourth-order valence-electron chi connectivity index (χ4n) is 1.45. The molecule has 0 amide bonds. The van der Waals surface area contributed by atoms with Gasteiger partial charge in [0.15, 0.2) is 17.6 Å². The Morgan fingerprint density at radius 1 is 1.44 bits per heavy atom. The predicted molar refractivity (Wildman–Crippen MR) is 58.0 cm³/mol. The summed E-state index contributed by atoms with van der Waals surface area (Å²) in [5, 5.41) is 17.7. The number of aryl methyl sites for hydroxylation is 1. The van der Waals surface area contributed by atoms with Gasteiger partial charge in [-0.05, 0) is 0 Å². The molecule has 0 radical (unpaired) electrons. The Kier molecular flexibility index (Phi) is 4.75. The molecule has 4 N–H and O–H groups in total. The number of aliphatic hydroxyl groups excluding tert-OH is 1. The Hall–Kier alpha value is -1.53. The zero-order valence-electron chi connectivity index (χ0n) is 9.22. The molecule has 2 aromatic rings. The quantitative estimate of drug-likeness (QED) is 0.593. The summed E-state index contributed by atoms with van der Waals surface area (Å²) in [6, 6.07) is 0. The van der Waals surface area contributed by atoms with E-state index in [4.69, 9.17) is 15.9 Å². The van der Waals surface area contributed by atoms with Crippen LogP contribution in [0.4, 0.5) is 5.82 Å². The van der Waals surface area contributed by atoms with E-state index in [1.165, 1.54) is 12.7 Å².